The molecule has 0 fully saturated rings. The van der Waals surface area contributed by atoms with Crippen LogP contribution < -0.4 is 9.47 Å². The van der Waals surface area contributed by atoms with Crippen LogP contribution in [0.25, 0.3) is 22.5 Å². The number of halogens is 4. The van der Waals surface area contributed by atoms with Gasteiger partial charge in [0.2, 0.25) is 0 Å². The van der Waals surface area contributed by atoms with E-state index in [4.69, 9.17) is 0 Å². The first-order valence-electron chi connectivity index (χ1n) is 7.17. The summed E-state index contributed by atoms with van der Waals surface area (Å²) in [7, 11) is 0. The number of aromatic nitrogens is 2. The molecule has 3 rings (SSSR count). The van der Waals surface area contributed by atoms with Crippen molar-refractivity contribution in [2.24, 2.45) is 0 Å². The van der Waals surface area contributed by atoms with Gasteiger partial charge >= 0.3 is 13.2 Å². The summed E-state index contributed by atoms with van der Waals surface area (Å²) < 4.78 is 57.9. The Labute approximate surface area is 140 Å². The van der Waals surface area contributed by atoms with Crippen LogP contribution in [0.3, 0.4) is 0 Å². The fourth-order valence-corrected chi connectivity index (χ4v) is 2.29. The summed E-state index contributed by atoms with van der Waals surface area (Å²) in [6.45, 7) is -5.83. The third kappa shape index (κ3) is 4.28. The van der Waals surface area contributed by atoms with Crippen LogP contribution in [0.2, 0.25) is 0 Å². The molecule has 0 saturated heterocycles. The van der Waals surface area contributed by atoms with Gasteiger partial charge in [0.15, 0.2) is 0 Å². The van der Waals surface area contributed by atoms with E-state index in [1.54, 1.807) is 30.3 Å². The van der Waals surface area contributed by atoms with Gasteiger partial charge in [-0.3, -0.25) is 5.10 Å². The van der Waals surface area contributed by atoms with Crippen LogP contribution in [-0.4, -0.2) is 23.4 Å². The predicted octanol–water partition coefficient (Wildman–Crippen LogP) is 4.95. The van der Waals surface area contributed by atoms with Crippen molar-refractivity contribution in [1.29, 1.82) is 0 Å². The van der Waals surface area contributed by atoms with Crippen molar-refractivity contribution in [1.82, 2.24) is 10.2 Å². The number of ether oxygens (including phenoxy) is 2. The van der Waals surface area contributed by atoms with Crippen molar-refractivity contribution >= 4 is 0 Å². The third-order valence-corrected chi connectivity index (χ3v) is 3.30. The molecule has 1 heterocycles. The molecule has 1 aromatic heterocycles. The van der Waals surface area contributed by atoms with Crippen LogP contribution in [0.1, 0.15) is 0 Å². The summed E-state index contributed by atoms with van der Waals surface area (Å²) in [6, 6.07) is 13.9. The van der Waals surface area contributed by atoms with E-state index in [0.29, 0.717) is 22.5 Å². The molecule has 0 radical (unpaired) electrons. The van der Waals surface area contributed by atoms with Crippen molar-refractivity contribution in [2.45, 2.75) is 13.2 Å². The van der Waals surface area contributed by atoms with Gasteiger partial charge in [-0.25, -0.2) is 0 Å². The van der Waals surface area contributed by atoms with Gasteiger partial charge in [-0.15, -0.1) is 0 Å². The number of benzene rings is 2. The van der Waals surface area contributed by atoms with Gasteiger partial charge in [-0.2, -0.15) is 22.7 Å². The van der Waals surface area contributed by atoms with E-state index in [-0.39, 0.29) is 11.5 Å². The van der Waals surface area contributed by atoms with Crippen molar-refractivity contribution in [3.05, 3.63) is 54.6 Å². The minimum atomic E-state index is -2.91. The third-order valence-electron chi connectivity index (χ3n) is 3.30. The van der Waals surface area contributed by atoms with Gasteiger partial charge in [0.1, 0.15) is 11.5 Å². The maximum absolute atomic E-state index is 12.3. The van der Waals surface area contributed by atoms with Gasteiger partial charge in [0, 0.05) is 11.1 Å². The Hall–Kier alpha value is -3.03. The normalized spacial score (nSPS) is 11.1. The number of hydrogen-bond acceptors (Lipinski definition) is 3. The Morgan fingerprint density at radius 3 is 1.92 bits per heavy atom. The Balaban J connectivity index is 1.85. The molecule has 3 aromatic rings. The first-order chi connectivity index (χ1) is 12.0. The molecular formula is C17H12F4N2O2. The first-order valence-corrected chi connectivity index (χ1v) is 7.17. The zero-order chi connectivity index (χ0) is 17.8. The largest absolute Gasteiger partial charge is 0.435 e. The molecule has 0 aliphatic carbocycles. The van der Waals surface area contributed by atoms with Crippen molar-refractivity contribution < 1.29 is 27.0 Å². The SMILES string of the molecule is FC(F)Oc1cccc(-c2cc(-c3cccc(OC(F)F)c3)[nH]n2)c1. The number of nitrogens with zero attached hydrogens (tertiary/aromatic N) is 1. The second-order valence-corrected chi connectivity index (χ2v) is 4.98. The molecule has 2 aromatic carbocycles. The summed E-state index contributed by atoms with van der Waals surface area (Å²) in [4.78, 5) is 0. The Morgan fingerprint density at radius 1 is 0.760 bits per heavy atom. The lowest BCUT2D eigenvalue weighted by molar-refractivity contribution is -0.0505. The van der Waals surface area contributed by atoms with Crippen LogP contribution in [0.4, 0.5) is 17.6 Å². The van der Waals surface area contributed by atoms with Gasteiger partial charge in [0.05, 0.1) is 11.4 Å². The second-order valence-electron chi connectivity index (χ2n) is 4.98. The molecule has 0 aliphatic rings. The van der Waals surface area contributed by atoms with Crippen molar-refractivity contribution in [2.75, 3.05) is 0 Å². The summed E-state index contributed by atoms with van der Waals surface area (Å²) in [5.74, 6) is 0.0420. The number of rotatable bonds is 6. The monoisotopic (exact) mass is 352 g/mol. The highest BCUT2D eigenvalue weighted by Gasteiger charge is 2.10. The average Bonchev–Trinajstić information content (AvgIpc) is 3.04. The van der Waals surface area contributed by atoms with E-state index in [1.165, 1.54) is 24.3 Å². The standard InChI is InChI=1S/C17H12F4N2O2/c18-16(19)24-12-5-1-3-10(7-12)14-9-15(23-22-14)11-4-2-6-13(8-11)25-17(20)21/h1-9,16-17H,(H,22,23). The quantitative estimate of drug-likeness (QED) is 0.639. The lowest BCUT2D eigenvalue weighted by Gasteiger charge is -2.05. The highest BCUT2D eigenvalue weighted by Crippen LogP contribution is 2.28. The maximum atomic E-state index is 12.3. The Kier molecular flexibility index (Phi) is 4.87. The summed E-state index contributed by atoms with van der Waals surface area (Å²) >= 11 is 0. The van der Waals surface area contributed by atoms with Crippen LogP contribution in [0.5, 0.6) is 11.5 Å². The highest BCUT2D eigenvalue weighted by atomic mass is 19.3. The first kappa shape index (κ1) is 16.8. The van der Waals surface area contributed by atoms with Gasteiger partial charge < -0.3 is 9.47 Å². The molecule has 130 valence electrons. The topological polar surface area (TPSA) is 47.1 Å². The van der Waals surface area contributed by atoms with E-state index in [2.05, 4.69) is 19.7 Å². The van der Waals surface area contributed by atoms with Crippen LogP contribution >= 0.6 is 0 Å². The van der Waals surface area contributed by atoms with Crippen molar-refractivity contribution in [3.8, 4) is 34.0 Å². The van der Waals surface area contributed by atoms with Crippen LogP contribution in [-0.2, 0) is 0 Å². The van der Waals surface area contributed by atoms with E-state index < -0.39 is 13.2 Å². The fourth-order valence-electron chi connectivity index (χ4n) is 2.29. The number of nitrogens with one attached hydrogen (secondary N) is 1. The smallest absolute Gasteiger partial charge is 0.387 e. The molecule has 8 heteroatoms. The fraction of sp³-hybridized carbons (Fsp3) is 0.118. The zero-order valence-electron chi connectivity index (χ0n) is 12.6. The Morgan fingerprint density at radius 2 is 1.32 bits per heavy atom. The molecule has 1 N–H and O–H groups in total. The van der Waals surface area contributed by atoms with Gasteiger partial charge in [-0.05, 0) is 30.3 Å². The number of H-pyrrole nitrogens is 1. The predicted molar refractivity (Wildman–Crippen MR) is 82.7 cm³/mol. The Bertz CT molecular complexity index is 784. The number of aromatic amines is 1. The molecule has 4 nitrogen and oxygen atoms in total. The minimum Gasteiger partial charge on any atom is -0.435 e. The molecule has 0 saturated carbocycles. The molecule has 0 atom stereocenters. The van der Waals surface area contributed by atoms with E-state index in [9.17, 15) is 17.6 Å². The molecular weight excluding hydrogens is 340 g/mol. The average molecular weight is 352 g/mol. The lowest BCUT2D eigenvalue weighted by Crippen LogP contribution is -2.01. The summed E-state index contributed by atoms with van der Waals surface area (Å²) in [6.07, 6.45) is 0. The number of alkyl halides is 4. The second kappa shape index (κ2) is 7.25. The molecule has 0 unspecified atom stereocenters. The lowest BCUT2D eigenvalue weighted by atomic mass is 10.1. The van der Waals surface area contributed by atoms with E-state index >= 15 is 0 Å². The molecule has 25 heavy (non-hydrogen) atoms. The number of hydrogen-bond donors (Lipinski definition) is 1. The van der Waals surface area contributed by atoms with E-state index in [1.807, 2.05) is 0 Å². The summed E-state index contributed by atoms with van der Waals surface area (Å²) in [5, 5.41) is 6.90. The molecule has 0 spiro atoms. The highest BCUT2D eigenvalue weighted by molar-refractivity contribution is 5.69. The van der Waals surface area contributed by atoms with Crippen molar-refractivity contribution in [3.63, 3.8) is 0 Å². The molecule has 0 bridgehead atoms. The van der Waals surface area contributed by atoms with Crippen LogP contribution in [0, 0.1) is 0 Å². The molecule has 0 amide bonds. The van der Waals surface area contributed by atoms with E-state index in [0.717, 1.165) is 0 Å². The zero-order valence-corrected chi connectivity index (χ0v) is 12.6. The summed E-state index contributed by atoms with van der Waals surface area (Å²) in [5.41, 5.74) is 2.22. The maximum Gasteiger partial charge on any atom is 0.387 e. The molecule has 0 aliphatic heterocycles. The van der Waals surface area contributed by atoms with Gasteiger partial charge in [0.25, 0.3) is 0 Å². The van der Waals surface area contributed by atoms with Gasteiger partial charge in [-0.1, -0.05) is 24.3 Å². The minimum absolute atomic E-state index is 0.0179. The van der Waals surface area contributed by atoms with Crippen LogP contribution in [0.15, 0.2) is 54.6 Å².